The number of likely N-dealkylation sites (tertiary alicyclic amines) is 1. The molecule has 2 atom stereocenters. The third-order valence-electron chi connectivity index (χ3n) is 3.18. The summed E-state index contributed by atoms with van der Waals surface area (Å²) in [6, 6.07) is 0.471. The molecule has 0 unspecified atom stereocenters. The average Bonchev–Trinajstić information content (AvgIpc) is 2.49. The maximum Gasteiger partial charge on any atom is 0.308 e. The number of carboxylic acids is 1. The predicted molar refractivity (Wildman–Crippen MR) is 56.2 cm³/mol. The second-order valence-electron chi connectivity index (χ2n) is 4.54. The zero-order chi connectivity index (χ0) is 10.7. The van der Waals surface area contributed by atoms with Gasteiger partial charge in [-0.1, -0.05) is 13.3 Å². The molecule has 1 rings (SSSR count). The zero-order valence-corrected chi connectivity index (χ0v) is 9.36. The number of nitrogens with zero attached hydrogens (tertiary/aromatic N) is 1. The van der Waals surface area contributed by atoms with Gasteiger partial charge in [-0.15, -0.1) is 0 Å². The molecule has 0 aliphatic carbocycles. The lowest BCUT2D eigenvalue weighted by Gasteiger charge is -2.19. The molecule has 0 aromatic heterocycles. The van der Waals surface area contributed by atoms with E-state index < -0.39 is 5.97 Å². The SMILES string of the molecule is CCC[C@@H]1CN(C(C)C)C[C@H]1C(=O)O. The van der Waals surface area contributed by atoms with Crippen LogP contribution >= 0.6 is 0 Å². The van der Waals surface area contributed by atoms with Gasteiger partial charge in [0.15, 0.2) is 0 Å². The summed E-state index contributed by atoms with van der Waals surface area (Å²) >= 11 is 0. The van der Waals surface area contributed by atoms with E-state index >= 15 is 0 Å². The highest BCUT2D eigenvalue weighted by molar-refractivity contribution is 5.71. The molecular formula is C11H21NO2. The van der Waals surface area contributed by atoms with Crippen molar-refractivity contribution in [2.75, 3.05) is 13.1 Å². The lowest BCUT2D eigenvalue weighted by molar-refractivity contribution is -0.142. The number of hydrogen-bond acceptors (Lipinski definition) is 2. The Hall–Kier alpha value is -0.570. The van der Waals surface area contributed by atoms with Gasteiger partial charge < -0.3 is 5.11 Å². The van der Waals surface area contributed by atoms with E-state index in [9.17, 15) is 4.79 Å². The molecule has 1 saturated heterocycles. The van der Waals surface area contributed by atoms with Crippen LogP contribution in [0.25, 0.3) is 0 Å². The highest BCUT2D eigenvalue weighted by Crippen LogP contribution is 2.28. The van der Waals surface area contributed by atoms with Gasteiger partial charge in [0, 0.05) is 19.1 Å². The van der Waals surface area contributed by atoms with E-state index in [-0.39, 0.29) is 5.92 Å². The van der Waals surface area contributed by atoms with Crippen molar-refractivity contribution in [2.24, 2.45) is 11.8 Å². The van der Waals surface area contributed by atoms with E-state index in [0.717, 1.165) is 25.9 Å². The first kappa shape index (κ1) is 11.5. The van der Waals surface area contributed by atoms with Crippen LogP contribution in [-0.2, 0) is 4.79 Å². The van der Waals surface area contributed by atoms with Crippen molar-refractivity contribution < 1.29 is 9.90 Å². The molecule has 0 amide bonds. The van der Waals surface area contributed by atoms with Crippen LogP contribution in [0.3, 0.4) is 0 Å². The molecule has 3 nitrogen and oxygen atoms in total. The standard InChI is InChI=1S/C11H21NO2/c1-4-5-9-6-12(8(2)3)7-10(9)11(13)14/h8-10H,4-7H2,1-3H3,(H,13,14)/t9-,10-/m1/s1. The Balaban J connectivity index is 2.60. The fourth-order valence-corrected chi connectivity index (χ4v) is 2.27. The minimum Gasteiger partial charge on any atom is -0.481 e. The summed E-state index contributed by atoms with van der Waals surface area (Å²) in [7, 11) is 0. The highest BCUT2D eigenvalue weighted by atomic mass is 16.4. The summed E-state index contributed by atoms with van der Waals surface area (Å²) in [5, 5.41) is 9.08. The Morgan fingerprint density at radius 2 is 2.14 bits per heavy atom. The Morgan fingerprint density at radius 3 is 2.57 bits per heavy atom. The second-order valence-corrected chi connectivity index (χ2v) is 4.54. The Kier molecular flexibility index (Phi) is 3.93. The number of hydrogen-bond donors (Lipinski definition) is 1. The minimum absolute atomic E-state index is 0.141. The normalized spacial score (nSPS) is 28.6. The molecule has 0 saturated carbocycles. The van der Waals surface area contributed by atoms with Gasteiger partial charge >= 0.3 is 5.97 Å². The van der Waals surface area contributed by atoms with Crippen molar-refractivity contribution in [2.45, 2.75) is 39.7 Å². The molecule has 0 aromatic carbocycles. The maximum atomic E-state index is 11.0. The summed E-state index contributed by atoms with van der Waals surface area (Å²) in [6.07, 6.45) is 2.13. The fraction of sp³-hybridized carbons (Fsp3) is 0.909. The van der Waals surface area contributed by atoms with Crippen molar-refractivity contribution in [3.8, 4) is 0 Å². The van der Waals surface area contributed by atoms with Crippen LogP contribution in [0.15, 0.2) is 0 Å². The van der Waals surface area contributed by atoms with Crippen LogP contribution in [0.5, 0.6) is 0 Å². The Bertz CT molecular complexity index is 203. The van der Waals surface area contributed by atoms with E-state index in [1.807, 2.05) is 0 Å². The molecule has 1 heterocycles. The van der Waals surface area contributed by atoms with E-state index in [2.05, 4.69) is 25.7 Å². The summed E-state index contributed by atoms with van der Waals surface area (Å²) in [5.41, 5.74) is 0. The number of carboxylic acid groups (broad SMARTS) is 1. The van der Waals surface area contributed by atoms with Crippen LogP contribution in [0.1, 0.15) is 33.6 Å². The maximum absolute atomic E-state index is 11.0. The van der Waals surface area contributed by atoms with Gasteiger partial charge in [-0.05, 0) is 26.2 Å². The largest absolute Gasteiger partial charge is 0.481 e. The molecule has 0 radical (unpaired) electrons. The van der Waals surface area contributed by atoms with Gasteiger partial charge in [0.2, 0.25) is 0 Å². The lowest BCUT2D eigenvalue weighted by atomic mass is 9.92. The molecule has 14 heavy (non-hydrogen) atoms. The number of carbonyl (C=O) groups is 1. The van der Waals surface area contributed by atoms with Crippen molar-refractivity contribution in [1.82, 2.24) is 4.90 Å². The fourth-order valence-electron chi connectivity index (χ4n) is 2.27. The van der Waals surface area contributed by atoms with E-state index in [1.165, 1.54) is 0 Å². The molecule has 0 bridgehead atoms. The van der Waals surface area contributed by atoms with Gasteiger partial charge in [-0.2, -0.15) is 0 Å². The van der Waals surface area contributed by atoms with Crippen LogP contribution < -0.4 is 0 Å². The third-order valence-corrected chi connectivity index (χ3v) is 3.18. The van der Waals surface area contributed by atoms with Crippen molar-refractivity contribution in [3.05, 3.63) is 0 Å². The molecule has 1 aliphatic rings. The average molecular weight is 199 g/mol. The molecule has 1 N–H and O–H groups in total. The van der Waals surface area contributed by atoms with Crippen molar-refractivity contribution >= 4 is 5.97 Å². The summed E-state index contributed by atoms with van der Waals surface area (Å²) in [6.45, 7) is 8.08. The van der Waals surface area contributed by atoms with Crippen LogP contribution in [-0.4, -0.2) is 35.1 Å². The molecule has 82 valence electrons. The molecular weight excluding hydrogens is 178 g/mol. The first-order valence-corrected chi connectivity index (χ1v) is 5.53. The second kappa shape index (κ2) is 4.78. The zero-order valence-electron chi connectivity index (χ0n) is 9.36. The first-order chi connectivity index (χ1) is 6.56. The van der Waals surface area contributed by atoms with E-state index in [1.54, 1.807) is 0 Å². The van der Waals surface area contributed by atoms with Crippen molar-refractivity contribution in [3.63, 3.8) is 0 Å². The molecule has 1 fully saturated rings. The first-order valence-electron chi connectivity index (χ1n) is 5.53. The van der Waals surface area contributed by atoms with E-state index in [0.29, 0.717) is 12.0 Å². The Morgan fingerprint density at radius 1 is 1.50 bits per heavy atom. The third kappa shape index (κ3) is 2.47. The highest BCUT2D eigenvalue weighted by Gasteiger charge is 2.37. The molecule has 1 aliphatic heterocycles. The smallest absolute Gasteiger partial charge is 0.308 e. The monoisotopic (exact) mass is 199 g/mol. The van der Waals surface area contributed by atoms with Crippen LogP contribution in [0.4, 0.5) is 0 Å². The van der Waals surface area contributed by atoms with Crippen LogP contribution in [0.2, 0.25) is 0 Å². The minimum atomic E-state index is -0.619. The van der Waals surface area contributed by atoms with Crippen LogP contribution in [0, 0.1) is 11.8 Å². The molecule has 0 aromatic rings. The van der Waals surface area contributed by atoms with Gasteiger partial charge in [0.25, 0.3) is 0 Å². The van der Waals surface area contributed by atoms with E-state index in [4.69, 9.17) is 5.11 Å². The molecule has 0 spiro atoms. The summed E-state index contributed by atoms with van der Waals surface area (Å²) < 4.78 is 0. The van der Waals surface area contributed by atoms with Gasteiger partial charge in [0.05, 0.1) is 5.92 Å². The van der Waals surface area contributed by atoms with Gasteiger partial charge in [-0.3, -0.25) is 9.69 Å². The van der Waals surface area contributed by atoms with Gasteiger partial charge in [-0.25, -0.2) is 0 Å². The topological polar surface area (TPSA) is 40.5 Å². The van der Waals surface area contributed by atoms with Crippen molar-refractivity contribution in [1.29, 1.82) is 0 Å². The Labute approximate surface area is 86.1 Å². The number of rotatable bonds is 4. The summed E-state index contributed by atoms with van der Waals surface area (Å²) in [4.78, 5) is 13.3. The predicted octanol–water partition coefficient (Wildman–Crippen LogP) is 1.83. The number of aliphatic carboxylic acids is 1. The lowest BCUT2D eigenvalue weighted by Crippen LogP contribution is -2.29. The van der Waals surface area contributed by atoms with Gasteiger partial charge in [0.1, 0.15) is 0 Å². The summed E-state index contributed by atoms with van der Waals surface area (Å²) in [5.74, 6) is -0.399. The quantitative estimate of drug-likeness (QED) is 0.751. The molecule has 3 heteroatoms.